The van der Waals surface area contributed by atoms with Crippen molar-refractivity contribution in [1.82, 2.24) is 9.97 Å². The molecule has 0 fully saturated rings. The molecule has 0 aliphatic carbocycles. The molecule has 0 amide bonds. The molecule has 166 valence electrons. The Morgan fingerprint density at radius 2 is 1.20 bits per heavy atom. The predicted molar refractivity (Wildman–Crippen MR) is 149 cm³/mol. The summed E-state index contributed by atoms with van der Waals surface area (Å²) in [4.78, 5) is 10.8. The van der Waals surface area contributed by atoms with Gasteiger partial charge in [0.05, 0.1) is 26.2 Å². The number of hydrogen-bond donors (Lipinski definition) is 0. The first-order valence-electron chi connectivity index (χ1n) is 10.9. The quantitative estimate of drug-likeness (QED) is 0.148. The van der Waals surface area contributed by atoms with Crippen LogP contribution in [0.2, 0.25) is 0 Å². The summed E-state index contributed by atoms with van der Waals surface area (Å²) < 4.78 is 14.5. The standard InChI is InChI=1S/C13H9NOS.C13H9NS2.2Al.O/c2*15-11-7-3-1-5-9(11)13-14-10-6-2-4-8-12(10)16-13;;;/h2*1-8,15H;;;/q;;2*+1;/p-2. The molecule has 0 aliphatic heterocycles. The van der Waals surface area contributed by atoms with Gasteiger partial charge in [-0.25, -0.2) is 9.97 Å². The molecule has 2 aromatic heterocycles. The van der Waals surface area contributed by atoms with Crippen molar-refractivity contribution in [2.24, 2.45) is 0 Å². The van der Waals surface area contributed by atoms with E-state index < -0.39 is 15.9 Å². The maximum atomic E-state index is 6.11. The van der Waals surface area contributed by atoms with Gasteiger partial charge < -0.3 is 6.63 Å². The van der Waals surface area contributed by atoms with E-state index >= 15 is 0 Å². The lowest BCUT2D eigenvalue weighted by atomic mass is 10.2. The molecule has 0 saturated heterocycles. The van der Waals surface area contributed by atoms with Gasteiger partial charge in [-0.2, -0.15) is 10.1 Å². The molecule has 2 heterocycles. The number of benzene rings is 4. The molecule has 0 unspecified atom stereocenters. The van der Waals surface area contributed by atoms with Gasteiger partial charge in [0.2, 0.25) is 0 Å². The van der Waals surface area contributed by atoms with Gasteiger partial charge in [0.1, 0.15) is 10.0 Å². The van der Waals surface area contributed by atoms with Crippen LogP contribution in [0.25, 0.3) is 41.6 Å². The first kappa shape index (κ1) is 23.2. The number of hydrogen-bond acceptors (Lipinski definition) is 7. The Balaban J connectivity index is 1.11. The number of thiazole rings is 2. The van der Waals surface area contributed by atoms with Crippen molar-refractivity contribution < 1.29 is 6.63 Å². The molecule has 0 aliphatic rings. The fourth-order valence-corrected chi connectivity index (χ4v) is 9.04. The SMILES string of the molecule is c1ccc(-c2nc3ccccc3s2)c([O][Al][O][Al][S]c2ccccc2-c2nc3ccccc3s2)c1. The largest absolute Gasteiger partial charge is 0.741 e. The highest BCUT2D eigenvalue weighted by Gasteiger charge is 2.15. The normalized spacial score (nSPS) is 11.1. The second kappa shape index (κ2) is 10.8. The fourth-order valence-electron chi connectivity index (χ4n) is 3.65. The summed E-state index contributed by atoms with van der Waals surface area (Å²) in [6.07, 6.45) is 0. The smallest absolute Gasteiger partial charge is 0.627 e. The Labute approximate surface area is 227 Å². The molecule has 6 rings (SSSR count). The molecule has 0 saturated carbocycles. The highest BCUT2D eigenvalue weighted by Crippen LogP contribution is 2.37. The van der Waals surface area contributed by atoms with E-state index in [4.69, 9.17) is 16.6 Å². The van der Waals surface area contributed by atoms with Crippen molar-refractivity contribution in [3.05, 3.63) is 97.1 Å². The second-order valence-corrected chi connectivity index (χ2v) is 13.3. The van der Waals surface area contributed by atoms with Crippen molar-refractivity contribution in [1.29, 1.82) is 0 Å². The summed E-state index contributed by atoms with van der Waals surface area (Å²) in [5, 5.41) is 2.01. The summed E-state index contributed by atoms with van der Waals surface area (Å²) in [7, 11) is 1.75. The van der Waals surface area contributed by atoms with Crippen LogP contribution in [0.3, 0.4) is 0 Å². The van der Waals surface area contributed by atoms with Crippen molar-refractivity contribution in [3.63, 3.8) is 0 Å². The molecular formula is C26H16Al2N2O2S3. The van der Waals surface area contributed by atoms with Gasteiger partial charge in [-0.1, -0.05) is 54.6 Å². The molecule has 4 nitrogen and oxygen atoms in total. The van der Waals surface area contributed by atoms with Gasteiger partial charge >= 0.3 is 30.3 Å². The topological polar surface area (TPSA) is 44.2 Å². The van der Waals surface area contributed by atoms with Crippen LogP contribution in [0.15, 0.2) is 102 Å². The molecule has 0 bridgehead atoms. The molecule has 2 radical (unpaired) electrons. The number of para-hydroxylation sites is 3. The molecule has 9 heteroatoms. The average Bonchev–Trinajstić information content (AvgIpc) is 3.53. The Kier molecular flexibility index (Phi) is 7.20. The average molecular weight is 539 g/mol. The monoisotopic (exact) mass is 538 g/mol. The Morgan fingerprint density at radius 1 is 0.629 bits per heavy atom. The lowest BCUT2D eigenvalue weighted by Crippen LogP contribution is -2.10. The third-order valence-corrected chi connectivity index (χ3v) is 11.4. The summed E-state index contributed by atoms with van der Waals surface area (Å²) >= 11 is 2.47. The van der Waals surface area contributed by atoms with Crippen LogP contribution < -0.4 is 3.79 Å². The zero-order valence-electron chi connectivity index (χ0n) is 18.3. The van der Waals surface area contributed by atoms with Gasteiger partial charge in [-0.05, 0) is 47.4 Å². The molecule has 0 N–H and O–H groups in total. The fraction of sp³-hybridized carbons (Fsp3) is 0. The lowest BCUT2D eigenvalue weighted by Gasteiger charge is -2.11. The minimum Gasteiger partial charge on any atom is -0.627 e. The summed E-state index contributed by atoms with van der Waals surface area (Å²) in [6, 6.07) is 32.9. The molecule has 0 atom stereocenters. The number of nitrogens with zero attached hydrogens (tertiary/aromatic N) is 2. The van der Waals surface area contributed by atoms with E-state index in [2.05, 4.69) is 54.6 Å². The minimum absolute atomic E-state index is 0.310. The van der Waals surface area contributed by atoms with Crippen molar-refractivity contribution >= 4 is 83.5 Å². The van der Waals surface area contributed by atoms with E-state index in [0.717, 1.165) is 37.9 Å². The van der Waals surface area contributed by atoms with Crippen LogP contribution >= 0.6 is 32.8 Å². The van der Waals surface area contributed by atoms with Gasteiger partial charge in [0, 0.05) is 11.1 Å². The number of aromatic nitrogens is 2. The lowest BCUT2D eigenvalue weighted by molar-refractivity contribution is 0.482. The Morgan fingerprint density at radius 3 is 1.91 bits per heavy atom. The third kappa shape index (κ3) is 5.20. The van der Waals surface area contributed by atoms with Crippen LogP contribution in [-0.4, -0.2) is 40.3 Å². The van der Waals surface area contributed by atoms with Gasteiger partial charge in [0.15, 0.2) is 0 Å². The van der Waals surface area contributed by atoms with E-state index in [1.807, 2.05) is 42.5 Å². The van der Waals surface area contributed by atoms with E-state index in [9.17, 15) is 0 Å². The highest BCUT2D eigenvalue weighted by molar-refractivity contribution is 8.22. The highest BCUT2D eigenvalue weighted by atomic mass is 32.3. The zero-order valence-corrected chi connectivity index (χ0v) is 23.1. The maximum Gasteiger partial charge on any atom is 0.741 e. The molecule has 4 aromatic carbocycles. The summed E-state index contributed by atoms with van der Waals surface area (Å²) in [5.74, 6) is 0.820. The van der Waals surface area contributed by atoms with Crippen LogP contribution in [0, 0.1) is 0 Å². The van der Waals surface area contributed by atoms with Crippen molar-refractivity contribution in [2.45, 2.75) is 4.90 Å². The van der Waals surface area contributed by atoms with E-state index in [1.54, 1.807) is 32.8 Å². The summed E-state index contributed by atoms with van der Waals surface area (Å²) in [5.41, 5.74) is 4.22. The van der Waals surface area contributed by atoms with Gasteiger partial charge in [-0.15, -0.1) is 22.7 Å². The first-order chi connectivity index (χ1) is 17.3. The number of rotatable bonds is 8. The van der Waals surface area contributed by atoms with E-state index in [-0.39, 0.29) is 14.4 Å². The van der Waals surface area contributed by atoms with Crippen molar-refractivity contribution in [3.8, 4) is 26.9 Å². The summed E-state index contributed by atoms with van der Waals surface area (Å²) in [6.45, 7) is 0. The Hall–Kier alpha value is -2.17. The van der Waals surface area contributed by atoms with Crippen LogP contribution in [-0.2, 0) is 2.84 Å². The third-order valence-electron chi connectivity index (χ3n) is 5.28. The molecular weight excluding hydrogens is 522 g/mol. The molecule has 35 heavy (non-hydrogen) atoms. The first-order valence-corrected chi connectivity index (χ1v) is 16.2. The molecule has 6 aromatic rings. The minimum atomic E-state index is -0.623. The van der Waals surface area contributed by atoms with E-state index in [0.29, 0.717) is 0 Å². The van der Waals surface area contributed by atoms with Gasteiger partial charge in [0.25, 0.3) is 0 Å². The predicted octanol–water partition coefficient (Wildman–Crippen LogP) is 7.50. The van der Waals surface area contributed by atoms with Crippen molar-refractivity contribution in [2.75, 3.05) is 0 Å². The Bertz CT molecular complexity index is 1430. The van der Waals surface area contributed by atoms with E-state index in [1.165, 1.54) is 14.3 Å². The van der Waals surface area contributed by atoms with Crippen LogP contribution in [0.5, 0.6) is 5.75 Å². The van der Waals surface area contributed by atoms with Gasteiger partial charge in [-0.3, -0.25) is 0 Å². The van der Waals surface area contributed by atoms with Crippen LogP contribution in [0.1, 0.15) is 0 Å². The maximum absolute atomic E-state index is 6.11. The molecule has 0 spiro atoms. The zero-order chi connectivity index (χ0) is 23.5. The second-order valence-electron chi connectivity index (χ2n) is 7.53. The van der Waals surface area contributed by atoms with Crippen LogP contribution in [0.4, 0.5) is 0 Å². The number of fused-ring (bicyclic) bond motifs is 2.